The maximum Gasteiger partial charge on any atom is 0.318 e. The molecule has 0 amide bonds. The summed E-state index contributed by atoms with van der Waals surface area (Å²) in [6, 6.07) is 15.7. The van der Waals surface area contributed by atoms with Crippen LogP contribution >= 0.6 is 11.8 Å². The number of esters is 1. The largest absolute Gasteiger partial charge is 0.497 e. The van der Waals surface area contributed by atoms with Crippen molar-refractivity contribution in [1.29, 1.82) is 0 Å². The van der Waals surface area contributed by atoms with Crippen molar-refractivity contribution in [2.24, 2.45) is 0 Å². The molecule has 0 aliphatic heterocycles. The lowest BCUT2D eigenvalue weighted by atomic mass is 10.2. The van der Waals surface area contributed by atoms with Gasteiger partial charge in [0, 0.05) is 11.3 Å². The van der Waals surface area contributed by atoms with Crippen LogP contribution < -0.4 is 4.74 Å². The molecule has 0 saturated heterocycles. The molecule has 0 fully saturated rings. The standard InChI is InChI=1S/C20H21N3O3S/c1-13-5-9-16(10-6-13)23-18(15-7-11-17(25-3)12-8-15)21-22-20(23)27-14(2)19(24)26-4/h5-12,14H,1-4H3/t14-/m0/s1. The Labute approximate surface area is 162 Å². The number of hydrogen-bond donors (Lipinski definition) is 0. The van der Waals surface area contributed by atoms with Gasteiger partial charge < -0.3 is 9.47 Å². The van der Waals surface area contributed by atoms with Crippen molar-refractivity contribution in [2.75, 3.05) is 14.2 Å². The van der Waals surface area contributed by atoms with Crippen molar-refractivity contribution in [3.8, 4) is 22.8 Å². The Morgan fingerprint density at radius 1 is 1.04 bits per heavy atom. The number of nitrogens with zero attached hydrogens (tertiary/aromatic N) is 3. The number of hydrogen-bond acceptors (Lipinski definition) is 6. The minimum absolute atomic E-state index is 0.301. The molecular weight excluding hydrogens is 362 g/mol. The number of rotatable bonds is 6. The molecule has 0 bridgehead atoms. The van der Waals surface area contributed by atoms with Crippen LogP contribution in [0, 0.1) is 6.92 Å². The summed E-state index contributed by atoms with van der Waals surface area (Å²) in [5, 5.41) is 8.94. The van der Waals surface area contributed by atoms with Crippen LogP contribution in [0.1, 0.15) is 12.5 Å². The molecule has 3 aromatic rings. The van der Waals surface area contributed by atoms with Gasteiger partial charge in [0.2, 0.25) is 0 Å². The fraction of sp³-hybridized carbons (Fsp3) is 0.250. The van der Waals surface area contributed by atoms with Crippen molar-refractivity contribution in [1.82, 2.24) is 14.8 Å². The van der Waals surface area contributed by atoms with Crippen LogP contribution in [0.2, 0.25) is 0 Å². The molecule has 1 atom stereocenters. The van der Waals surface area contributed by atoms with E-state index in [-0.39, 0.29) is 5.97 Å². The lowest BCUT2D eigenvalue weighted by Gasteiger charge is -2.13. The Balaban J connectivity index is 2.07. The average molecular weight is 383 g/mol. The van der Waals surface area contributed by atoms with E-state index in [1.165, 1.54) is 18.9 Å². The highest BCUT2D eigenvalue weighted by molar-refractivity contribution is 8.00. The van der Waals surface area contributed by atoms with Gasteiger partial charge in [-0.15, -0.1) is 10.2 Å². The Morgan fingerprint density at radius 2 is 1.70 bits per heavy atom. The number of methoxy groups -OCH3 is 2. The molecule has 0 saturated carbocycles. The highest BCUT2D eigenvalue weighted by Crippen LogP contribution is 2.31. The quantitative estimate of drug-likeness (QED) is 0.475. The second-order valence-electron chi connectivity index (χ2n) is 5.99. The van der Waals surface area contributed by atoms with E-state index < -0.39 is 5.25 Å². The molecule has 1 heterocycles. The van der Waals surface area contributed by atoms with Gasteiger partial charge in [-0.05, 0) is 50.2 Å². The van der Waals surface area contributed by atoms with Crippen LogP contribution in [0.25, 0.3) is 17.1 Å². The van der Waals surface area contributed by atoms with E-state index in [0.29, 0.717) is 11.0 Å². The normalized spacial score (nSPS) is 11.9. The minimum atomic E-state index is -0.396. The summed E-state index contributed by atoms with van der Waals surface area (Å²) in [5.74, 6) is 1.17. The van der Waals surface area contributed by atoms with Gasteiger partial charge in [-0.3, -0.25) is 9.36 Å². The van der Waals surface area contributed by atoms with Gasteiger partial charge in [0.05, 0.1) is 14.2 Å². The zero-order valence-corrected chi connectivity index (χ0v) is 16.5. The summed E-state index contributed by atoms with van der Waals surface area (Å²) in [6.07, 6.45) is 0. The van der Waals surface area contributed by atoms with Crippen LogP contribution in [0.15, 0.2) is 53.7 Å². The van der Waals surface area contributed by atoms with Crippen LogP contribution in [-0.2, 0) is 9.53 Å². The van der Waals surface area contributed by atoms with E-state index in [1.807, 2.05) is 60.0 Å². The fourth-order valence-electron chi connectivity index (χ4n) is 2.57. The topological polar surface area (TPSA) is 66.2 Å². The Bertz CT molecular complexity index is 921. The van der Waals surface area contributed by atoms with Crippen LogP contribution in [0.5, 0.6) is 5.75 Å². The predicted octanol–water partition coefficient (Wildman–Crippen LogP) is 3.90. The number of thioether (sulfide) groups is 1. The second-order valence-corrected chi connectivity index (χ2v) is 7.30. The summed E-state index contributed by atoms with van der Waals surface area (Å²) in [6.45, 7) is 3.83. The molecular formula is C20H21N3O3S. The highest BCUT2D eigenvalue weighted by Gasteiger charge is 2.22. The highest BCUT2D eigenvalue weighted by atomic mass is 32.2. The van der Waals surface area contributed by atoms with E-state index in [4.69, 9.17) is 9.47 Å². The monoisotopic (exact) mass is 383 g/mol. The second kappa shape index (κ2) is 8.26. The van der Waals surface area contributed by atoms with Crippen molar-refractivity contribution >= 4 is 17.7 Å². The Kier molecular flexibility index (Phi) is 5.81. The molecule has 6 nitrogen and oxygen atoms in total. The third-order valence-corrected chi connectivity index (χ3v) is 5.11. The molecule has 0 spiro atoms. The molecule has 2 aromatic carbocycles. The van der Waals surface area contributed by atoms with E-state index in [1.54, 1.807) is 14.0 Å². The number of ether oxygens (including phenoxy) is 2. The van der Waals surface area contributed by atoms with E-state index >= 15 is 0 Å². The van der Waals surface area contributed by atoms with Gasteiger partial charge in [-0.2, -0.15) is 0 Å². The average Bonchev–Trinajstić information content (AvgIpc) is 3.11. The lowest BCUT2D eigenvalue weighted by Crippen LogP contribution is -2.15. The van der Waals surface area contributed by atoms with Crippen molar-refractivity contribution in [3.63, 3.8) is 0 Å². The number of aromatic nitrogens is 3. The summed E-state index contributed by atoms with van der Waals surface area (Å²) >= 11 is 1.32. The predicted molar refractivity (Wildman–Crippen MR) is 105 cm³/mol. The molecule has 140 valence electrons. The first-order valence-corrected chi connectivity index (χ1v) is 9.33. The van der Waals surface area contributed by atoms with E-state index in [0.717, 1.165) is 22.6 Å². The van der Waals surface area contributed by atoms with Gasteiger partial charge in [0.1, 0.15) is 11.0 Å². The van der Waals surface area contributed by atoms with Gasteiger partial charge >= 0.3 is 5.97 Å². The van der Waals surface area contributed by atoms with E-state index in [9.17, 15) is 4.79 Å². The number of carbonyl (C=O) groups excluding carboxylic acids is 1. The first kappa shape index (κ1) is 19.0. The van der Waals surface area contributed by atoms with Gasteiger partial charge in [0.15, 0.2) is 11.0 Å². The molecule has 1 aromatic heterocycles. The molecule has 7 heteroatoms. The van der Waals surface area contributed by atoms with Crippen LogP contribution in [0.4, 0.5) is 0 Å². The Hall–Kier alpha value is -2.80. The maximum atomic E-state index is 11.8. The summed E-state index contributed by atoms with van der Waals surface area (Å²) < 4.78 is 12.0. The molecule has 0 unspecified atom stereocenters. The van der Waals surface area contributed by atoms with Crippen LogP contribution in [-0.4, -0.2) is 40.2 Å². The zero-order valence-electron chi connectivity index (χ0n) is 15.7. The van der Waals surface area contributed by atoms with Crippen molar-refractivity contribution in [3.05, 3.63) is 54.1 Å². The molecule has 0 N–H and O–H groups in total. The third-order valence-electron chi connectivity index (χ3n) is 4.09. The Morgan fingerprint density at radius 3 is 2.30 bits per heavy atom. The zero-order chi connectivity index (χ0) is 19.4. The number of carbonyl (C=O) groups is 1. The summed E-state index contributed by atoms with van der Waals surface area (Å²) in [4.78, 5) is 11.8. The van der Waals surface area contributed by atoms with Gasteiger partial charge in [0.25, 0.3) is 0 Å². The first-order valence-electron chi connectivity index (χ1n) is 8.45. The van der Waals surface area contributed by atoms with Crippen molar-refractivity contribution < 1.29 is 14.3 Å². The molecule has 0 radical (unpaired) electrons. The van der Waals surface area contributed by atoms with Gasteiger partial charge in [-0.25, -0.2) is 0 Å². The number of aryl methyl sites for hydroxylation is 1. The lowest BCUT2D eigenvalue weighted by molar-refractivity contribution is -0.139. The first-order chi connectivity index (χ1) is 13.0. The maximum absolute atomic E-state index is 11.8. The molecule has 27 heavy (non-hydrogen) atoms. The van der Waals surface area contributed by atoms with Crippen LogP contribution in [0.3, 0.4) is 0 Å². The van der Waals surface area contributed by atoms with E-state index in [2.05, 4.69) is 10.2 Å². The minimum Gasteiger partial charge on any atom is -0.497 e. The number of benzene rings is 2. The smallest absolute Gasteiger partial charge is 0.318 e. The third kappa shape index (κ3) is 4.14. The molecule has 3 rings (SSSR count). The molecule has 0 aliphatic rings. The fourth-order valence-corrected chi connectivity index (χ4v) is 3.47. The molecule has 0 aliphatic carbocycles. The van der Waals surface area contributed by atoms with Gasteiger partial charge in [-0.1, -0.05) is 29.5 Å². The summed E-state index contributed by atoms with van der Waals surface area (Å²) in [5.41, 5.74) is 2.99. The summed E-state index contributed by atoms with van der Waals surface area (Å²) in [7, 11) is 3.01. The SMILES string of the molecule is COC(=O)[C@H](C)Sc1nnc(-c2ccc(OC)cc2)n1-c1ccc(C)cc1. The van der Waals surface area contributed by atoms with Crippen molar-refractivity contribution in [2.45, 2.75) is 24.3 Å².